The zero-order valence-electron chi connectivity index (χ0n) is 15.8. The topological polar surface area (TPSA) is 41.6 Å². The highest BCUT2D eigenvalue weighted by molar-refractivity contribution is 9.11. The molecule has 1 aliphatic rings. The molecule has 1 heterocycles. The third-order valence-electron chi connectivity index (χ3n) is 4.08. The second-order valence-electron chi connectivity index (χ2n) is 6.37. The van der Waals surface area contributed by atoms with E-state index < -0.39 is 40.2 Å². The number of alkyl halides is 6. The highest BCUT2D eigenvalue weighted by atomic mass is 79.9. The monoisotopic (exact) mass is 604 g/mol. The van der Waals surface area contributed by atoms with Crippen molar-refractivity contribution in [1.82, 2.24) is 0 Å². The highest BCUT2D eigenvalue weighted by Crippen LogP contribution is 2.52. The van der Waals surface area contributed by atoms with Crippen LogP contribution in [0, 0.1) is 0 Å². The van der Waals surface area contributed by atoms with E-state index in [2.05, 4.69) is 41.9 Å². The van der Waals surface area contributed by atoms with Gasteiger partial charge in [0, 0.05) is 14.6 Å². The van der Waals surface area contributed by atoms with Gasteiger partial charge in [-0.25, -0.2) is 0 Å². The van der Waals surface area contributed by atoms with Gasteiger partial charge in [0.1, 0.15) is 16.4 Å². The summed E-state index contributed by atoms with van der Waals surface area (Å²) in [4.78, 5) is 13.0. The molecule has 172 valence electrons. The molecule has 2 aromatic carbocycles. The van der Waals surface area contributed by atoms with Crippen molar-refractivity contribution in [3.05, 3.63) is 62.0 Å². The molecule has 1 atom stereocenters. The molecule has 0 bridgehead atoms. The van der Waals surface area contributed by atoms with Crippen LogP contribution in [0.15, 0.2) is 62.0 Å². The summed E-state index contributed by atoms with van der Waals surface area (Å²) in [5, 5.41) is 1.53. The van der Waals surface area contributed by atoms with E-state index in [9.17, 15) is 31.1 Å². The van der Waals surface area contributed by atoms with Crippen LogP contribution in [-0.2, 0) is 4.79 Å². The van der Waals surface area contributed by atoms with Gasteiger partial charge in [-0.15, -0.1) is 13.2 Å². The van der Waals surface area contributed by atoms with Gasteiger partial charge in [-0.1, -0.05) is 30.0 Å². The Morgan fingerprint density at radius 2 is 1.62 bits per heavy atom. The van der Waals surface area contributed by atoms with Crippen molar-refractivity contribution in [3.63, 3.8) is 0 Å². The predicted molar refractivity (Wildman–Crippen MR) is 116 cm³/mol. The molecule has 0 aliphatic carbocycles. The lowest BCUT2D eigenvalue weighted by molar-refractivity contribution is -0.274. The van der Waals surface area contributed by atoms with Gasteiger partial charge in [0.05, 0.1) is 11.1 Å². The molecule has 0 radical (unpaired) electrons. The van der Waals surface area contributed by atoms with Crippen LogP contribution in [0.1, 0.15) is 6.92 Å². The van der Waals surface area contributed by atoms with Crippen LogP contribution in [0.4, 0.5) is 37.7 Å². The second kappa shape index (κ2) is 9.18. The average molecular weight is 606 g/mol. The number of hydrogen-bond donors (Lipinski definition) is 1. The van der Waals surface area contributed by atoms with Crippen molar-refractivity contribution >= 4 is 60.9 Å². The van der Waals surface area contributed by atoms with Crippen molar-refractivity contribution in [3.8, 4) is 5.75 Å². The van der Waals surface area contributed by atoms with E-state index in [0.717, 1.165) is 17.0 Å². The highest BCUT2D eigenvalue weighted by Gasteiger charge is 2.49. The van der Waals surface area contributed by atoms with Crippen LogP contribution >= 0.6 is 43.6 Å². The number of anilines is 2. The Bertz CT molecular complexity index is 1040. The maximum absolute atomic E-state index is 14.1. The Balaban J connectivity index is 2.06. The quantitative estimate of drug-likeness (QED) is 0.368. The van der Waals surface area contributed by atoms with Crippen molar-refractivity contribution in [1.29, 1.82) is 0 Å². The van der Waals surface area contributed by atoms with Gasteiger partial charge in [0.25, 0.3) is 5.91 Å². The van der Waals surface area contributed by atoms with E-state index in [-0.39, 0.29) is 14.6 Å². The van der Waals surface area contributed by atoms with E-state index in [1.807, 2.05) is 0 Å². The molecule has 13 heteroatoms. The zero-order chi connectivity index (χ0) is 23.8. The summed E-state index contributed by atoms with van der Waals surface area (Å²) in [5.74, 6) is -1.58. The molecule has 4 nitrogen and oxygen atoms in total. The van der Waals surface area contributed by atoms with Gasteiger partial charge in [0.2, 0.25) is 0 Å². The van der Waals surface area contributed by atoms with Crippen LogP contribution in [0.25, 0.3) is 0 Å². The first-order valence-electron chi connectivity index (χ1n) is 8.66. The first kappa shape index (κ1) is 24.8. The van der Waals surface area contributed by atoms with Crippen molar-refractivity contribution in [2.75, 3.05) is 10.2 Å². The molecular formula is C19H12Br2F6N2O2S. The van der Waals surface area contributed by atoms with Crippen molar-refractivity contribution < 1.29 is 35.9 Å². The minimum Gasteiger partial charge on any atom is -0.406 e. The van der Waals surface area contributed by atoms with E-state index in [1.165, 1.54) is 19.1 Å². The summed E-state index contributed by atoms with van der Waals surface area (Å²) in [6.45, 7) is 1.44. The summed E-state index contributed by atoms with van der Waals surface area (Å²) in [5.41, 5.74) is -1.02. The lowest BCUT2D eigenvalue weighted by Gasteiger charge is -2.30. The Morgan fingerprint density at radius 1 is 1.06 bits per heavy atom. The number of amides is 1. The van der Waals surface area contributed by atoms with Gasteiger partial charge in [-0.05, 0) is 63.0 Å². The van der Waals surface area contributed by atoms with Gasteiger partial charge in [-0.3, -0.25) is 4.79 Å². The lowest BCUT2D eigenvalue weighted by atomic mass is 10.2. The first-order valence-corrected chi connectivity index (χ1v) is 11.1. The molecule has 0 saturated heterocycles. The van der Waals surface area contributed by atoms with Gasteiger partial charge < -0.3 is 15.0 Å². The fourth-order valence-corrected chi connectivity index (χ4v) is 5.63. The fraction of sp³-hybridized carbons (Fsp3) is 0.211. The van der Waals surface area contributed by atoms with Gasteiger partial charge >= 0.3 is 12.5 Å². The van der Waals surface area contributed by atoms with Crippen molar-refractivity contribution in [2.24, 2.45) is 0 Å². The number of allylic oxidation sites excluding steroid dienone is 1. The molecule has 2 aromatic rings. The minimum atomic E-state index is -4.98. The molecule has 1 aliphatic heterocycles. The number of carbonyl (C=O) groups is 1. The smallest absolute Gasteiger partial charge is 0.406 e. The third-order valence-corrected chi connectivity index (χ3v) is 6.45. The largest absolute Gasteiger partial charge is 0.573 e. The lowest BCUT2D eigenvalue weighted by Crippen LogP contribution is -2.34. The SMILES string of the molecule is CC1SC(C(=O)Nc2ccccc2)=C(C(F)(F)F)N1c1c(Br)cc(OC(F)(F)F)cc1Br. The number of rotatable bonds is 4. The number of benzene rings is 2. The van der Waals surface area contributed by atoms with E-state index in [4.69, 9.17) is 0 Å². The molecular weight excluding hydrogens is 594 g/mol. The van der Waals surface area contributed by atoms with Crippen molar-refractivity contribution in [2.45, 2.75) is 24.8 Å². The Labute approximate surface area is 199 Å². The van der Waals surface area contributed by atoms with Crippen LogP contribution < -0.4 is 15.0 Å². The summed E-state index contributed by atoms with van der Waals surface area (Å²) in [6.07, 6.45) is -9.90. The molecule has 3 rings (SSSR count). The zero-order valence-corrected chi connectivity index (χ0v) is 19.8. The van der Waals surface area contributed by atoms with E-state index in [1.54, 1.807) is 18.2 Å². The summed E-state index contributed by atoms with van der Waals surface area (Å²) in [7, 11) is 0. The average Bonchev–Trinajstić information content (AvgIpc) is 2.98. The minimum absolute atomic E-state index is 0.0926. The van der Waals surface area contributed by atoms with Crippen LogP contribution in [0.2, 0.25) is 0 Å². The van der Waals surface area contributed by atoms with Crippen LogP contribution in [0.5, 0.6) is 5.75 Å². The summed E-state index contributed by atoms with van der Waals surface area (Å²) in [6, 6.07) is 9.78. The fourth-order valence-electron chi connectivity index (χ4n) is 2.96. The Kier molecular flexibility index (Phi) is 7.11. The van der Waals surface area contributed by atoms with E-state index in [0.29, 0.717) is 17.4 Å². The molecule has 0 saturated carbocycles. The molecule has 0 fully saturated rings. The first-order chi connectivity index (χ1) is 14.8. The standard InChI is InChI=1S/C19H12Br2F6N2O2S/c1-9-29(14-12(20)7-11(8-13(14)21)31-19(25,26)27)16(18(22,23)24)15(32-9)17(30)28-10-5-3-2-4-6-10/h2-9H,1H3,(H,28,30). The molecule has 1 amide bonds. The normalized spacial score (nSPS) is 17.0. The number of hydrogen-bond acceptors (Lipinski definition) is 4. The number of para-hydroxylation sites is 1. The number of thioether (sulfide) groups is 1. The number of nitrogens with zero attached hydrogens (tertiary/aromatic N) is 1. The molecule has 0 aromatic heterocycles. The van der Waals surface area contributed by atoms with E-state index >= 15 is 0 Å². The second-order valence-corrected chi connectivity index (χ2v) is 9.40. The summed E-state index contributed by atoms with van der Waals surface area (Å²) < 4.78 is 83.5. The molecule has 1 unspecified atom stereocenters. The molecule has 1 N–H and O–H groups in total. The van der Waals surface area contributed by atoms with Crippen LogP contribution in [0.3, 0.4) is 0 Å². The van der Waals surface area contributed by atoms with Gasteiger partial charge in [-0.2, -0.15) is 13.2 Å². The summed E-state index contributed by atoms with van der Waals surface area (Å²) >= 11 is 6.74. The van der Waals surface area contributed by atoms with Crippen LogP contribution in [-0.4, -0.2) is 23.8 Å². The maximum atomic E-state index is 14.1. The number of halogens is 8. The van der Waals surface area contributed by atoms with Gasteiger partial charge in [0.15, 0.2) is 0 Å². The maximum Gasteiger partial charge on any atom is 0.573 e. The molecule has 0 spiro atoms. The number of ether oxygens (including phenoxy) is 1. The number of nitrogens with one attached hydrogen (secondary N) is 1. The molecule has 32 heavy (non-hydrogen) atoms. The Morgan fingerprint density at radius 3 is 2.12 bits per heavy atom. The Hall–Kier alpha value is -1.86. The predicted octanol–water partition coefficient (Wildman–Crippen LogP) is 7.42. The number of carbonyl (C=O) groups excluding carboxylic acids is 1. The third kappa shape index (κ3) is 5.54.